The van der Waals surface area contributed by atoms with Gasteiger partial charge in [0.1, 0.15) is 14.6 Å². The molecule has 4 N–H and O–H groups in total. The second-order valence-electron chi connectivity index (χ2n) is 2.60. The van der Waals surface area contributed by atoms with Crippen LogP contribution in [-0.4, -0.2) is 22.2 Å². The molecule has 0 radical (unpaired) electrons. The minimum absolute atomic E-state index is 0.0308. The zero-order valence-electron chi connectivity index (χ0n) is 9.77. The van der Waals surface area contributed by atoms with Crippen LogP contribution in [0.15, 0.2) is 24.3 Å². The van der Waals surface area contributed by atoms with Gasteiger partial charge in [-0.1, -0.05) is 12.1 Å². The molecule has 0 aromatic heterocycles. The van der Waals surface area contributed by atoms with E-state index in [0.29, 0.717) is 5.56 Å². The van der Waals surface area contributed by atoms with Crippen molar-refractivity contribution in [2.75, 3.05) is 0 Å². The summed E-state index contributed by atoms with van der Waals surface area (Å²) in [7, 11) is 0. The summed E-state index contributed by atoms with van der Waals surface area (Å²) in [6, 6.07) is 3.26. The van der Waals surface area contributed by atoms with E-state index in [1.807, 2.05) is 0 Å². The Morgan fingerprint density at radius 3 is 2.69 bits per heavy atom. The number of benzene rings is 1. The van der Waals surface area contributed by atoms with E-state index in [9.17, 15) is 4.79 Å². The Labute approximate surface area is 79.9 Å². The van der Waals surface area contributed by atoms with Gasteiger partial charge in [-0.05, 0) is 24.1 Å². The van der Waals surface area contributed by atoms with Crippen molar-refractivity contribution in [1.82, 2.24) is 0 Å². The molecule has 4 heteroatoms. The minimum atomic E-state index is -2.35. The maximum absolute atomic E-state index is 10.8. The molecule has 1 aromatic rings. The van der Waals surface area contributed by atoms with E-state index in [0.717, 1.165) is 0 Å². The summed E-state index contributed by atoms with van der Waals surface area (Å²) in [5, 5.41) is 17.8. The fraction of sp³-hybridized carbons (Fsp3) is 0.222. The molecule has 0 heterocycles. The molecule has 0 bridgehead atoms. The maximum atomic E-state index is 10.8. The average molecular weight is 184 g/mol. The smallest absolute Gasteiger partial charge is 0.320 e. The van der Waals surface area contributed by atoms with Gasteiger partial charge < -0.3 is 15.9 Å². The molecule has 0 saturated carbocycles. The van der Waals surface area contributed by atoms with Crippen LogP contribution < -0.4 is 5.72 Å². The zero-order chi connectivity index (χ0) is 12.3. The van der Waals surface area contributed by atoms with Crippen LogP contribution in [0.1, 0.15) is 6.93 Å². The van der Waals surface area contributed by atoms with Gasteiger partial charge in [0.25, 0.3) is 0 Å². The van der Waals surface area contributed by atoms with Crippen molar-refractivity contribution in [3.63, 3.8) is 0 Å². The number of aliphatic carboxylic acids is 1. The summed E-state index contributed by atoms with van der Waals surface area (Å²) < 4.78 is 21.4. The molecule has 0 saturated heterocycles. The summed E-state index contributed by atoms with van der Waals surface area (Å²) in [6.07, 6.45) is -0.310. The lowest BCUT2D eigenvalue weighted by Gasteiger charge is -2.05. The van der Waals surface area contributed by atoms with Crippen molar-refractivity contribution in [2.24, 2.45) is 5.72 Å². The molecule has 0 aliphatic heterocycles. The second kappa shape index (κ2) is 3.91. The second-order valence-corrected chi connectivity index (χ2v) is 2.60. The first-order valence-electron chi connectivity index (χ1n) is 5.05. The van der Waals surface area contributed by atoms with E-state index in [-0.39, 0.29) is 17.9 Å². The van der Waals surface area contributed by atoms with Gasteiger partial charge in [-0.15, -0.1) is 0 Å². The van der Waals surface area contributed by atoms with Gasteiger partial charge in [0.15, 0.2) is 0 Å². The summed E-state index contributed by atoms with van der Waals surface area (Å²) in [6.45, 7) is 0. The fourth-order valence-corrected chi connectivity index (χ4v) is 0.883. The summed E-state index contributed by atoms with van der Waals surface area (Å²) in [5.41, 5.74) is 0.307. The number of carboxylic acid groups (broad SMARTS) is 1. The van der Waals surface area contributed by atoms with Crippen LogP contribution in [0.5, 0.6) is 5.75 Å². The highest BCUT2D eigenvalue weighted by molar-refractivity contribution is 5.73. The van der Waals surface area contributed by atoms with Crippen molar-refractivity contribution in [1.29, 1.82) is 0 Å². The van der Waals surface area contributed by atoms with Crippen LogP contribution in [-0.2, 0) is 11.2 Å². The van der Waals surface area contributed by atoms with Crippen LogP contribution in [0.25, 0.3) is 0 Å². The van der Waals surface area contributed by atoms with Gasteiger partial charge in [-0.3, -0.25) is 4.79 Å². The van der Waals surface area contributed by atoms with Gasteiger partial charge in [0, 0.05) is 0 Å². The topological polar surface area (TPSA) is 83.5 Å². The summed E-state index contributed by atoms with van der Waals surface area (Å²) >= 11 is 0. The molecule has 70 valence electrons. The monoisotopic (exact) mass is 184 g/mol. The number of carbonyl (C=O) groups is 1. The first kappa shape index (κ1) is 5.99. The van der Waals surface area contributed by atoms with E-state index in [1.54, 1.807) is 0 Å². The van der Waals surface area contributed by atoms with Crippen LogP contribution in [0.4, 0.5) is 0 Å². The van der Waals surface area contributed by atoms with E-state index in [1.165, 1.54) is 24.3 Å². The molecular weight excluding hydrogens is 170 g/mol. The minimum Gasteiger partial charge on any atom is -0.508 e. The zero-order valence-corrected chi connectivity index (χ0v) is 6.77. The number of hydrogen-bond acceptors (Lipinski definition) is 3. The van der Waals surface area contributed by atoms with E-state index in [2.05, 4.69) is 0 Å². The van der Waals surface area contributed by atoms with Crippen molar-refractivity contribution in [2.45, 2.75) is 12.4 Å². The Hall–Kier alpha value is -1.55. The number of phenolic OH excluding ortho intramolecular Hbond substituents is 1. The molecular formula is C9H11NO3. The number of rotatable bonds is 4. The number of aromatic hydroxyl groups is 1. The van der Waals surface area contributed by atoms with Crippen LogP contribution in [0, 0.1) is 0 Å². The molecule has 1 atom stereocenters. The van der Waals surface area contributed by atoms with Crippen molar-refractivity contribution in [3.8, 4) is 5.75 Å². The molecule has 0 aliphatic carbocycles. The van der Waals surface area contributed by atoms with E-state index in [4.69, 9.17) is 14.4 Å². The molecule has 0 amide bonds. The van der Waals surface area contributed by atoms with Crippen LogP contribution >= 0.6 is 0 Å². The highest BCUT2D eigenvalue weighted by Crippen LogP contribution is 2.10. The van der Waals surface area contributed by atoms with Crippen LogP contribution in [0.2, 0.25) is 2.82 Å². The third-order valence-electron chi connectivity index (χ3n) is 1.55. The van der Waals surface area contributed by atoms with Gasteiger partial charge in [0.05, 0.1) is 1.37 Å². The molecule has 0 spiro atoms. The van der Waals surface area contributed by atoms with E-state index >= 15 is 0 Å². The Balaban J connectivity index is 2.93. The lowest BCUT2D eigenvalue weighted by atomic mass is 10.1. The largest absolute Gasteiger partial charge is 0.508 e. The molecule has 0 fully saturated rings. The molecule has 1 aromatic carbocycles. The summed E-state index contributed by atoms with van der Waals surface area (Å²) in [4.78, 5) is 10.8. The van der Waals surface area contributed by atoms with Crippen molar-refractivity contribution >= 4 is 5.97 Å². The highest BCUT2D eigenvalue weighted by Gasteiger charge is 2.11. The van der Waals surface area contributed by atoms with Gasteiger partial charge in [-0.2, -0.15) is 0 Å². The lowest BCUT2D eigenvalue weighted by Crippen LogP contribution is -2.32. The Morgan fingerprint density at radius 1 is 1.62 bits per heavy atom. The Bertz CT molecular complexity index is 382. The van der Waals surface area contributed by atoms with Crippen molar-refractivity contribution in [3.05, 3.63) is 29.8 Å². The van der Waals surface area contributed by atoms with Crippen molar-refractivity contribution < 1.29 is 19.2 Å². The first-order chi connectivity index (χ1) is 7.36. The van der Waals surface area contributed by atoms with E-state index < -0.39 is 12.0 Å². The van der Waals surface area contributed by atoms with Gasteiger partial charge >= 0.3 is 5.97 Å². The highest BCUT2D eigenvalue weighted by atomic mass is 16.4. The lowest BCUT2D eigenvalue weighted by molar-refractivity contribution is -0.138. The van der Waals surface area contributed by atoms with Crippen LogP contribution in [0.3, 0.4) is 0 Å². The van der Waals surface area contributed by atoms with Gasteiger partial charge in [0.2, 0.25) is 0 Å². The Morgan fingerprint density at radius 2 is 2.23 bits per heavy atom. The SMILES string of the molecule is [2H]N([2H])[C@@]([2H])(Cc1ccc(O)cc1)C(=O)O. The molecule has 4 nitrogen and oxygen atoms in total. The molecule has 0 unspecified atom stereocenters. The fourth-order valence-electron chi connectivity index (χ4n) is 0.883. The first-order valence-corrected chi connectivity index (χ1v) is 3.65. The predicted molar refractivity (Wildman–Crippen MR) is 47.4 cm³/mol. The number of carboxylic acids is 1. The molecule has 0 aliphatic rings. The summed E-state index contributed by atoms with van der Waals surface area (Å²) in [5.74, 6) is -1.53. The normalized spacial score (nSPS) is 18.4. The number of phenols is 1. The number of nitrogens with two attached hydrogens (primary N) is 1. The Kier molecular flexibility index (Phi) is 1.80. The standard InChI is InChI=1S/C9H11NO3/c10-8(9(12)13)5-6-1-3-7(11)4-2-6/h1-4,8,11H,5,10H2,(H,12,13)/t8-/m0/s1/i8D/hD2. The maximum Gasteiger partial charge on any atom is 0.320 e. The average Bonchev–Trinajstić information content (AvgIpc) is 2.20. The third-order valence-corrected chi connectivity index (χ3v) is 1.55. The quantitative estimate of drug-likeness (QED) is 0.630. The van der Waals surface area contributed by atoms with Gasteiger partial charge in [-0.25, -0.2) is 0 Å². The molecule has 13 heavy (non-hydrogen) atoms. The predicted octanol–water partition coefficient (Wildman–Crippen LogP) is 0.347. The number of hydrogen-bond donors (Lipinski definition) is 3. The molecule has 1 rings (SSSR count). The third kappa shape index (κ3) is 2.76.